The minimum Gasteiger partial charge on any atom is -0.392 e. The lowest BCUT2D eigenvalue weighted by Crippen LogP contribution is -2.17. The van der Waals surface area contributed by atoms with Gasteiger partial charge in [0.05, 0.1) is 6.10 Å². The number of halogens is 2. The number of benzene rings is 1. The molecule has 0 saturated heterocycles. The van der Waals surface area contributed by atoms with Crippen molar-refractivity contribution >= 4 is 0 Å². The van der Waals surface area contributed by atoms with E-state index in [1.807, 2.05) is 0 Å². The molecule has 2 rings (SSSR count). The van der Waals surface area contributed by atoms with E-state index in [2.05, 4.69) is 0 Å². The van der Waals surface area contributed by atoms with Gasteiger partial charge in [0, 0.05) is 5.92 Å². The van der Waals surface area contributed by atoms with Gasteiger partial charge in [-0.25, -0.2) is 8.78 Å². The van der Waals surface area contributed by atoms with E-state index in [4.69, 9.17) is 0 Å². The van der Waals surface area contributed by atoms with Crippen molar-refractivity contribution in [3.8, 4) is 0 Å². The molecule has 1 N–H and O–H groups in total. The maximum Gasteiger partial charge on any atom is 0.159 e. The molecule has 0 heterocycles. The Morgan fingerprint density at radius 3 is 2.50 bits per heavy atom. The van der Waals surface area contributed by atoms with Gasteiger partial charge in [-0.2, -0.15) is 0 Å². The Balaban J connectivity index is 2.23. The lowest BCUT2D eigenvalue weighted by molar-refractivity contribution is 0.135. The molecule has 0 amide bonds. The average Bonchev–Trinajstić information content (AvgIpc) is 2.47. The summed E-state index contributed by atoms with van der Waals surface area (Å²) in [6, 6.07) is 3.94. The zero-order valence-electron chi connectivity index (χ0n) is 9.13. The van der Waals surface area contributed by atoms with Crippen molar-refractivity contribution in [2.75, 3.05) is 0 Å². The number of rotatable bonds is 1. The second-order valence-corrected chi connectivity index (χ2v) is 4.49. The predicted octanol–water partition coefficient (Wildman–Crippen LogP) is 3.37. The summed E-state index contributed by atoms with van der Waals surface area (Å²) < 4.78 is 25.9. The van der Waals surface area contributed by atoms with Gasteiger partial charge in [0.1, 0.15) is 0 Å². The van der Waals surface area contributed by atoms with Crippen molar-refractivity contribution in [1.29, 1.82) is 0 Å². The van der Waals surface area contributed by atoms with Crippen LogP contribution in [0, 0.1) is 11.6 Å². The van der Waals surface area contributed by atoms with Crippen molar-refractivity contribution in [2.24, 2.45) is 0 Å². The highest BCUT2D eigenvalue weighted by Gasteiger charge is 2.23. The molecule has 0 bridgehead atoms. The third-order valence-electron chi connectivity index (χ3n) is 3.35. The van der Waals surface area contributed by atoms with E-state index >= 15 is 0 Å². The van der Waals surface area contributed by atoms with Gasteiger partial charge >= 0.3 is 0 Å². The van der Waals surface area contributed by atoms with Gasteiger partial charge in [-0.05, 0) is 30.5 Å². The molecule has 1 nitrogen and oxygen atoms in total. The summed E-state index contributed by atoms with van der Waals surface area (Å²) in [6.45, 7) is 0. The Bertz CT molecular complexity index is 365. The van der Waals surface area contributed by atoms with Crippen LogP contribution in [-0.2, 0) is 0 Å². The summed E-state index contributed by atoms with van der Waals surface area (Å²) in [5.41, 5.74) is 0.716. The Kier molecular flexibility index (Phi) is 3.54. The van der Waals surface area contributed by atoms with E-state index in [1.54, 1.807) is 6.07 Å². The maximum absolute atomic E-state index is 13.1. The lowest BCUT2D eigenvalue weighted by Gasteiger charge is -2.20. The van der Waals surface area contributed by atoms with Crippen molar-refractivity contribution in [2.45, 2.75) is 44.1 Å². The van der Waals surface area contributed by atoms with E-state index < -0.39 is 17.7 Å². The van der Waals surface area contributed by atoms with Crippen molar-refractivity contribution in [1.82, 2.24) is 0 Å². The zero-order valence-corrected chi connectivity index (χ0v) is 9.13. The van der Waals surface area contributed by atoms with Crippen LogP contribution >= 0.6 is 0 Å². The lowest BCUT2D eigenvalue weighted by atomic mass is 9.89. The van der Waals surface area contributed by atoms with Crippen LogP contribution in [0.2, 0.25) is 0 Å². The Hall–Kier alpha value is -0.960. The molecule has 1 aromatic carbocycles. The van der Waals surface area contributed by atoms with Crippen LogP contribution in [0.4, 0.5) is 8.78 Å². The average molecular weight is 226 g/mol. The molecule has 1 aromatic rings. The van der Waals surface area contributed by atoms with E-state index in [0.717, 1.165) is 38.2 Å². The van der Waals surface area contributed by atoms with Crippen LogP contribution in [0.5, 0.6) is 0 Å². The van der Waals surface area contributed by atoms with Gasteiger partial charge in [-0.1, -0.05) is 25.3 Å². The summed E-state index contributed by atoms with van der Waals surface area (Å²) >= 11 is 0. The number of aliphatic hydroxyl groups excluding tert-OH is 1. The van der Waals surface area contributed by atoms with Gasteiger partial charge in [-0.15, -0.1) is 0 Å². The summed E-state index contributed by atoms with van der Waals surface area (Å²) in [5.74, 6) is -1.70. The molecule has 16 heavy (non-hydrogen) atoms. The predicted molar refractivity (Wildman–Crippen MR) is 58.2 cm³/mol. The number of aliphatic hydroxyl groups is 1. The molecule has 0 radical (unpaired) electrons. The fourth-order valence-electron chi connectivity index (χ4n) is 2.42. The van der Waals surface area contributed by atoms with E-state index in [9.17, 15) is 13.9 Å². The molecule has 88 valence electrons. The maximum atomic E-state index is 13.1. The number of hydrogen-bond donors (Lipinski definition) is 1. The zero-order chi connectivity index (χ0) is 11.5. The molecule has 2 atom stereocenters. The SMILES string of the molecule is OC1CCCCCC1c1ccc(F)c(F)c1. The number of hydrogen-bond acceptors (Lipinski definition) is 1. The smallest absolute Gasteiger partial charge is 0.159 e. The molecule has 1 fully saturated rings. The third-order valence-corrected chi connectivity index (χ3v) is 3.35. The molecule has 1 aliphatic carbocycles. The molecule has 0 aliphatic heterocycles. The van der Waals surface area contributed by atoms with Crippen LogP contribution in [0.25, 0.3) is 0 Å². The topological polar surface area (TPSA) is 20.2 Å². The van der Waals surface area contributed by atoms with E-state index in [0.29, 0.717) is 5.56 Å². The Labute approximate surface area is 94.1 Å². The summed E-state index contributed by atoms with van der Waals surface area (Å²) in [4.78, 5) is 0. The van der Waals surface area contributed by atoms with Crippen molar-refractivity contribution < 1.29 is 13.9 Å². The fourth-order valence-corrected chi connectivity index (χ4v) is 2.42. The van der Waals surface area contributed by atoms with Gasteiger partial charge in [0.2, 0.25) is 0 Å². The van der Waals surface area contributed by atoms with Gasteiger partial charge in [-0.3, -0.25) is 0 Å². The second-order valence-electron chi connectivity index (χ2n) is 4.49. The first-order valence-corrected chi connectivity index (χ1v) is 5.81. The summed E-state index contributed by atoms with van der Waals surface area (Å²) in [5, 5.41) is 9.95. The molecule has 2 unspecified atom stereocenters. The van der Waals surface area contributed by atoms with Crippen molar-refractivity contribution in [3.05, 3.63) is 35.4 Å². The molecule has 0 spiro atoms. The second kappa shape index (κ2) is 4.91. The third kappa shape index (κ3) is 2.40. The molecule has 1 saturated carbocycles. The molecular weight excluding hydrogens is 210 g/mol. The molecule has 0 aromatic heterocycles. The van der Waals surface area contributed by atoms with E-state index in [-0.39, 0.29) is 5.92 Å². The summed E-state index contributed by atoms with van der Waals surface area (Å²) in [6.07, 6.45) is 4.35. The molecule has 3 heteroatoms. The highest BCUT2D eigenvalue weighted by Crippen LogP contribution is 2.32. The van der Waals surface area contributed by atoms with Gasteiger partial charge in [0.15, 0.2) is 11.6 Å². The van der Waals surface area contributed by atoms with Crippen LogP contribution < -0.4 is 0 Å². The monoisotopic (exact) mass is 226 g/mol. The van der Waals surface area contributed by atoms with Crippen molar-refractivity contribution in [3.63, 3.8) is 0 Å². The first-order chi connectivity index (χ1) is 7.68. The first kappa shape index (κ1) is 11.5. The quantitative estimate of drug-likeness (QED) is 0.728. The van der Waals surface area contributed by atoms with Gasteiger partial charge in [0.25, 0.3) is 0 Å². The minimum atomic E-state index is -0.827. The van der Waals surface area contributed by atoms with Crippen LogP contribution in [0.1, 0.15) is 43.6 Å². The Morgan fingerprint density at radius 1 is 1.00 bits per heavy atom. The van der Waals surface area contributed by atoms with Crippen LogP contribution in [0.3, 0.4) is 0 Å². The largest absolute Gasteiger partial charge is 0.392 e. The highest BCUT2D eigenvalue weighted by atomic mass is 19.2. The highest BCUT2D eigenvalue weighted by molar-refractivity contribution is 5.23. The summed E-state index contributed by atoms with van der Waals surface area (Å²) in [7, 11) is 0. The van der Waals surface area contributed by atoms with E-state index in [1.165, 1.54) is 6.07 Å². The Morgan fingerprint density at radius 2 is 1.75 bits per heavy atom. The van der Waals surface area contributed by atoms with Crippen LogP contribution in [0.15, 0.2) is 18.2 Å². The minimum absolute atomic E-state index is 0.0439. The molecule has 1 aliphatic rings. The molecular formula is C13H16F2O. The van der Waals surface area contributed by atoms with Gasteiger partial charge < -0.3 is 5.11 Å². The normalized spacial score (nSPS) is 26.4. The fraction of sp³-hybridized carbons (Fsp3) is 0.538. The standard InChI is InChI=1S/C13H16F2O/c14-11-7-6-9(8-12(11)15)10-4-2-1-3-5-13(10)16/h6-8,10,13,16H,1-5H2. The first-order valence-electron chi connectivity index (χ1n) is 5.81. The van der Waals surface area contributed by atoms with Crippen LogP contribution in [-0.4, -0.2) is 11.2 Å².